The number of benzene rings is 2. The highest BCUT2D eigenvalue weighted by Gasteiger charge is 2.15. The van der Waals surface area contributed by atoms with Gasteiger partial charge in [0, 0.05) is 11.8 Å². The van der Waals surface area contributed by atoms with Gasteiger partial charge in [0.1, 0.15) is 17.8 Å². The van der Waals surface area contributed by atoms with Crippen LogP contribution in [0.4, 0.5) is 17.2 Å². The molecule has 1 aliphatic rings. The highest BCUT2D eigenvalue weighted by molar-refractivity contribution is 5.73. The van der Waals surface area contributed by atoms with Crippen LogP contribution in [0.25, 0.3) is 0 Å². The lowest BCUT2D eigenvalue weighted by Gasteiger charge is -2.12. The van der Waals surface area contributed by atoms with Crippen LogP contribution in [0.1, 0.15) is 11.1 Å². The summed E-state index contributed by atoms with van der Waals surface area (Å²) in [5.41, 5.74) is 9.50. The number of aryl methyl sites for hydroxylation is 2. The molecule has 0 saturated heterocycles. The molecule has 3 N–H and O–H groups in total. The SMILES string of the molecule is Cc1cc(C)cc(Oc2ncnc(Nc3ccc4c(c3)OCO4)c2N)c1. The lowest BCUT2D eigenvalue weighted by molar-refractivity contribution is 0.174. The molecule has 0 unspecified atom stereocenters. The van der Waals surface area contributed by atoms with Gasteiger partial charge in [-0.15, -0.1) is 0 Å². The molecule has 7 nitrogen and oxygen atoms in total. The Balaban J connectivity index is 1.59. The molecule has 0 radical (unpaired) electrons. The molecule has 0 saturated carbocycles. The quantitative estimate of drug-likeness (QED) is 0.736. The maximum absolute atomic E-state index is 6.20. The molecule has 2 heterocycles. The first kappa shape index (κ1) is 16.0. The Kier molecular flexibility index (Phi) is 3.96. The molecular formula is C19H18N4O3. The van der Waals surface area contributed by atoms with Gasteiger partial charge >= 0.3 is 0 Å². The number of ether oxygens (including phenoxy) is 3. The lowest BCUT2D eigenvalue weighted by atomic mass is 10.1. The fourth-order valence-electron chi connectivity index (χ4n) is 2.77. The number of anilines is 3. The Morgan fingerprint density at radius 1 is 1.00 bits per heavy atom. The molecule has 0 atom stereocenters. The topological polar surface area (TPSA) is 91.5 Å². The molecule has 0 spiro atoms. The summed E-state index contributed by atoms with van der Waals surface area (Å²) < 4.78 is 16.6. The van der Waals surface area contributed by atoms with Crippen molar-refractivity contribution in [2.75, 3.05) is 17.8 Å². The van der Waals surface area contributed by atoms with E-state index in [1.54, 1.807) is 0 Å². The first-order chi connectivity index (χ1) is 12.6. The number of fused-ring (bicyclic) bond motifs is 1. The zero-order valence-corrected chi connectivity index (χ0v) is 14.4. The minimum absolute atomic E-state index is 0.225. The van der Waals surface area contributed by atoms with E-state index < -0.39 is 0 Å². The van der Waals surface area contributed by atoms with Crippen molar-refractivity contribution in [3.63, 3.8) is 0 Å². The fourth-order valence-corrected chi connectivity index (χ4v) is 2.77. The van der Waals surface area contributed by atoms with Gasteiger partial charge in [-0.05, 0) is 49.2 Å². The summed E-state index contributed by atoms with van der Waals surface area (Å²) in [4.78, 5) is 8.36. The molecule has 2 aromatic carbocycles. The van der Waals surface area contributed by atoms with Gasteiger partial charge in [-0.2, -0.15) is 4.98 Å². The average molecular weight is 350 g/mol. The van der Waals surface area contributed by atoms with Crippen molar-refractivity contribution < 1.29 is 14.2 Å². The van der Waals surface area contributed by atoms with Crippen LogP contribution in [0.2, 0.25) is 0 Å². The van der Waals surface area contributed by atoms with Crippen LogP contribution in [0.15, 0.2) is 42.7 Å². The van der Waals surface area contributed by atoms with Crippen molar-refractivity contribution >= 4 is 17.2 Å². The summed E-state index contributed by atoms with van der Waals surface area (Å²) in [6.45, 7) is 4.24. The number of nitrogens with zero attached hydrogens (tertiary/aromatic N) is 2. The third kappa shape index (κ3) is 3.19. The molecule has 0 bridgehead atoms. The van der Waals surface area contributed by atoms with Crippen LogP contribution < -0.4 is 25.3 Å². The highest BCUT2D eigenvalue weighted by Crippen LogP contribution is 2.36. The fraction of sp³-hybridized carbons (Fsp3) is 0.158. The maximum Gasteiger partial charge on any atom is 0.248 e. The zero-order chi connectivity index (χ0) is 18.1. The van der Waals surface area contributed by atoms with Crippen molar-refractivity contribution in [2.45, 2.75) is 13.8 Å². The summed E-state index contributed by atoms with van der Waals surface area (Å²) in [6.07, 6.45) is 1.41. The van der Waals surface area contributed by atoms with E-state index in [-0.39, 0.29) is 6.79 Å². The van der Waals surface area contributed by atoms with Gasteiger partial charge in [0.2, 0.25) is 12.7 Å². The van der Waals surface area contributed by atoms with Gasteiger partial charge in [0.05, 0.1) is 0 Å². The van der Waals surface area contributed by atoms with Gasteiger partial charge in [-0.1, -0.05) is 6.07 Å². The zero-order valence-electron chi connectivity index (χ0n) is 14.4. The summed E-state index contributed by atoms with van der Waals surface area (Å²) in [5.74, 6) is 2.83. The maximum atomic E-state index is 6.20. The molecule has 0 fully saturated rings. The van der Waals surface area contributed by atoms with E-state index in [1.165, 1.54) is 6.33 Å². The number of nitrogens with one attached hydrogen (secondary N) is 1. The molecule has 1 aromatic heterocycles. The summed E-state index contributed by atoms with van der Waals surface area (Å²) in [7, 11) is 0. The number of nitrogens with two attached hydrogens (primary N) is 1. The minimum Gasteiger partial charge on any atom is -0.454 e. The highest BCUT2D eigenvalue weighted by atomic mass is 16.7. The number of nitrogen functional groups attached to an aromatic ring is 1. The first-order valence-electron chi connectivity index (χ1n) is 8.12. The third-order valence-corrected chi connectivity index (χ3v) is 3.89. The Labute approximate surface area is 150 Å². The predicted molar refractivity (Wildman–Crippen MR) is 98.3 cm³/mol. The Morgan fingerprint density at radius 2 is 1.77 bits per heavy atom. The molecule has 0 amide bonds. The van der Waals surface area contributed by atoms with Crippen molar-refractivity contribution in [2.24, 2.45) is 0 Å². The van der Waals surface area contributed by atoms with Crippen LogP contribution in [-0.2, 0) is 0 Å². The van der Waals surface area contributed by atoms with Crippen molar-refractivity contribution in [3.05, 3.63) is 53.9 Å². The number of hydrogen-bond acceptors (Lipinski definition) is 7. The van der Waals surface area contributed by atoms with Crippen LogP contribution in [0.5, 0.6) is 23.1 Å². The minimum atomic E-state index is 0.225. The van der Waals surface area contributed by atoms with E-state index in [9.17, 15) is 0 Å². The number of aromatic nitrogens is 2. The van der Waals surface area contributed by atoms with Crippen molar-refractivity contribution in [3.8, 4) is 23.1 Å². The molecule has 132 valence electrons. The molecule has 3 aromatic rings. The predicted octanol–water partition coefficient (Wildman–Crippen LogP) is 3.94. The van der Waals surface area contributed by atoms with Gasteiger partial charge in [0.25, 0.3) is 0 Å². The lowest BCUT2D eigenvalue weighted by Crippen LogP contribution is -2.03. The molecular weight excluding hydrogens is 332 g/mol. The van der Waals surface area contributed by atoms with Crippen LogP contribution in [0, 0.1) is 13.8 Å². The van der Waals surface area contributed by atoms with E-state index >= 15 is 0 Å². The number of hydrogen-bond donors (Lipinski definition) is 2. The Morgan fingerprint density at radius 3 is 2.58 bits per heavy atom. The second kappa shape index (κ2) is 6.44. The second-order valence-corrected chi connectivity index (χ2v) is 6.06. The van der Waals surface area contributed by atoms with Gasteiger partial charge in [-0.25, -0.2) is 4.98 Å². The smallest absolute Gasteiger partial charge is 0.248 e. The van der Waals surface area contributed by atoms with Crippen molar-refractivity contribution in [1.82, 2.24) is 9.97 Å². The molecule has 7 heteroatoms. The Hall–Kier alpha value is -3.48. The average Bonchev–Trinajstić information content (AvgIpc) is 3.05. The largest absolute Gasteiger partial charge is 0.454 e. The monoisotopic (exact) mass is 350 g/mol. The van der Waals surface area contributed by atoms with Crippen LogP contribution in [0.3, 0.4) is 0 Å². The van der Waals surface area contributed by atoms with E-state index in [4.69, 9.17) is 19.9 Å². The standard InChI is InChI=1S/C19H18N4O3/c1-11-5-12(2)7-14(6-11)26-19-17(20)18(21-9-22-19)23-13-3-4-15-16(8-13)25-10-24-15/h3-9H,10,20H2,1-2H3,(H,21,22,23). The molecule has 4 rings (SSSR count). The van der Waals surface area contributed by atoms with E-state index in [1.807, 2.05) is 44.2 Å². The Bertz CT molecular complexity index is 955. The number of rotatable bonds is 4. The van der Waals surface area contributed by atoms with E-state index in [2.05, 4.69) is 21.4 Å². The normalized spacial score (nSPS) is 12.1. The third-order valence-electron chi connectivity index (χ3n) is 3.89. The van der Waals surface area contributed by atoms with Crippen molar-refractivity contribution in [1.29, 1.82) is 0 Å². The van der Waals surface area contributed by atoms with Gasteiger partial charge < -0.3 is 25.3 Å². The van der Waals surface area contributed by atoms with Gasteiger partial charge in [0.15, 0.2) is 17.3 Å². The second-order valence-electron chi connectivity index (χ2n) is 6.06. The van der Waals surface area contributed by atoms with E-state index in [0.717, 1.165) is 16.8 Å². The molecule has 26 heavy (non-hydrogen) atoms. The first-order valence-corrected chi connectivity index (χ1v) is 8.12. The summed E-state index contributed by atoms with van der Waals surface area (Å²) in [6, 6.07) is 11.4. The summed E-state index contributed by atoms with van der Waals surface area (Å²) in [5, 5.41) is 3.16. The van der Waals surface area contributed by atoms with E-state index in [0.29, 0.717) is 34.6 Å². The molecule has 0 aliphatic carbocycles. The van der Waals surface area contributed by atoms with Crippen LogP contribution >= 0.6 is 0 Å². The molecule has 1 aliphatic heterocycles. The summed E-state index contributed by atoms with van der Waals surface area (Å²) >= 11 is 0. The van der Waals surface area contributed by atoms with Gasteiger partial charge in [-0.3, -0.25) is 0 Å². The van der Waals surface area contributed by atoms with Crippen LogP contribution in [-0.4, -0.2) is 16.8 Å².